The molecule has 0 amide bonds. The van der Waals surface area contributed by atoms with Crippen molar-refractivity contribution in [2.24, 2.45) is 5.92 Å². The number of likely N-dealkylation sites (N-methyl/N-ethyl adjacent to an activating group) is 1. The van der Waals surface area contributed by atoms with E-state index in [-0.39, 0.29) is 0 Å². The van der Waals surface area contributed by atoms with Gasteiger partial charge in [-0.3, -0.25) is 4.90 Å². The first-order valence-electron chi connectivity index (χ1n) is 7.50. The van der Waals surface area contributed by atoms with Gasteiger partial charge >= 0.3 is 0 Å². The fourth-order valence-electron chi connectivity index (χ4n) is 3.52. The third-order valence-corrected chi connectivity index (χ3v) is 4.66. The molecule has 3 rings (SSSR count). The maximum Gasteiger partial charge on any atom is 0.0259 e. The number of nitrogens with one attached hydrogen (secondary N) is 1. The summed E-state index contributed by atoms with van der Waals surface area (Å²) in [5.41, 5.74) is 1.44. The Labute approximate surface area is 116 Å². The molecule has 2 fully saturated rings. The van der Waals surface area contributed by atoms with Gasteiger partial charge in [0.05, 0.1) is 0 Å². The Morgan fingerprint density at radius 1 is 1.21 bits per heavy atom. The van der Waals surface area contributed by atoms with E-state index in [0.29, 0.717) is 0 Å². The predicted molar refractivity (Wildman–Crippen MR) is 79.1 cm³/mol. The van der Waals surface area contributed by atoms with Crippen molar-refractivity contribution in [1.29, 1.82) is 0 Å². The summed E-state index contributed by atoms with van der Waals surface area (Å²) in [6.45, 7) is 7.13. The molecule has 0 bridgehead atoms. The summed E-state index contributed by atoms with van der Waals surface area (Å²) in [6.07, 6.45) is 1.35. The van der Waals surface area contributed by atoms with Crippen LogP contribution in [0.4, 0.5) is 0 Å². The molecule has 3 heteroatoms. The zero-order valence-electron chi connectivity index (χ0n) is 11.9. The van der Waals surface area contributed by atoms with Gasteiger partial charge in [0.1, 0.15) is 0 Å². The van der Waals surface area contributed by atoms with Crippen molar-refractivity contribution in [3.63, 3.8) is 0 Å². The van der Waals surface area contributed by atoms with Gasteiger partial charge in [0, 0.05) is 38.8 Å². The highest BCUT2D eigenvalue weighted by Crippen LogP contribution is 2.24. The summed E-state index contributed by atoms with van der Waals surface area (Å²) in [5.74, 6) is 0.835. The Morgan fingerprint density at radius 3 is 2.84 bits per heavy atom. The lowest BCUT2D eigenvalue weighted by atomic mass is 9.96. The molecule has 2 heterocycles. The molecule has 104 valence electrons. The fourth-order valence-corrected chi connectivity index (χ4v) is 3.52. The Kier molecular flexibility index (Phi) is 4.16. The number of hydrogen-bond donors (Lipinski definition) is 1. The summed E-state index contributed by atoms with van der Waals surface area (Å²) in [7, 11) is 2.28. The first kappa shape index (κ1) is 13.1. The minimum atomic E-state index is 0.731. The second-order valence-corrected chi connectivity index (χ2v) is 6.02. The van der Waals surface area contributed by atoms with Crippen molar-refractivity contribution >= 4 is 0 Å². The second-order valence-electron chi connectivity index (χ2n) is 6.02. The quantitative estimate of drug-likeness (QED) is 0.885. The van der Waals surface area contributed by atoms with Crippen LogP contribution in [0.5, 0.6) is 0 Å². The first-order chi connectivity index (χ1) is 9.33. The molecule has 0 saturated carbocycles. The average molecular weight is 259 g/mol. The number of nitrogens with zero attached hydrogens (tertiary/aromatic N) is 2. The minimum absolute atomic E-state index is 0.731. The lowest BCUT2D eigenvalue weighted by molar-refractivity contribution is 0.142. The van der Waals surface area contributed by atoms with Crippen LogP contribution in [-0.4, -0.2) is 55.6 Å². The van der Waals surface area contributed by atoms with E-state index in [0.717, 1.165) is 25.0 Å². The van der Waals surface area contributed by atoms with Crippen LogP contribution < -0.4 is 5.32 Å². The normalized spacial score (nSPS) is 29.7. The van der Waals surface area contributed by atoms with Gasteiger partial charge in [0.15, 0.2) is 0 Å². The highest BCUT2D eigenvalue weighted by atomic mass is 15.2. The summed E-state index contributed by atoms with van der Waals surface area (Å²) in [6, 6.07) is 11.6. The van der Waals surface area contributed by atoms with E-state index < -0.39 is 0 Å². The van der Waals surface area contributed by atoms with Gasteiger partial charge in [0.2, 0.25) is 0 Å². The third-order valence-electron chi connectivity index (χ3n) is 4.66. The van der Waals surface area contributed by atoms with E-state index in [2.05, 4.69) is 52.5 Å². The van der Waals surface area contributed by atoms with Crippen molar-refractivity contribution in [2.45, 2.75) is 19.0 Å². The summed E-state index contributed by atoms with van der Waals surface area (Å²) in [4.78, 5) is 5.16. The largest absolute Gasteiger partial charge is 0.314 e. The predicted octanol–water partition coefficient (Wildman–Crippen LogP) is 1.41. The lowest BCUT2D eigenvalue weighted by Crippen LogP contribution is -2.53. The zero-order chi connectivity index (χ0) is 13.1. The molecule has 2 atom stereocenters. The van der Waals surface area contributed by atoms with E-state index in [1.54, 1.807) is 0 Å². The molecule has 3 nitrogen and oxygen atoms in total. The van der Waals surface area contributed by atoms with Gasteiger partial charge in [-0.25, -0.2) is 0 Å². The molecule has 0 aromatic heterocycles. The van der Waals surface area contributed by atoms with Gasteiger partial charge in [0.25, 0.3) is 0 Å². The Morgan fingerprint density at radius 2 is 2.05 bits per heavy atom. The van der Waals surface area contributed by atoms with Crippen molar-refractivity contribution in [3.05, 3.63) is 35.9 Å². The maximum atomic E-state index is 3.55. The van der Waals surface area contributed by atoms with Crippen molar-refractivity contribution in [1.82, 2.24) is 15.1 Å². The SMILES string of the molecule is CN1CCNCC1C1CCN(Cc2ccccc2)C1. The molecule has 2 aliphatic heterocycles. The highest BCUT2D eigenvalue weighted by molar-refractivity contribution is 5.14. The highest BCUT2D eigenvalue weighted by Gasteiger charge is 2.32. The molecular weight excluding hydrogens is 234 g/mol. The Bertz CT molecular complexity index is 392. The maximum absolute atomic E-state index is 3.55. The summed E-state index contributed by atoms with van der Waals surface area (Å²) in [5, 5.41) is 3.55. The standard InChI is InChI=1S/C16H25N3/c1-18-10-8-17-11-16(18)15-7-9-19(13-15)12-14-5-3-2-4-6-14/h2-6,15-17H,7-13H2,1H3. The fraction of sp³-hybridized carbons (Fsp3) is 0.625. The van der Waals surface area contributed by atoms with Crippen LogP contribution in [0.3, 0.4) is 0 Å². The van der Waals surface area contributed by atoms with Crippen molar-refractivity contribution in [3.8, 4) is 0 Å². The molecule has 19 heavy (non-hydrogen) atoms. The smallest absolute Gasteiger partial charge is 0.0259 e. The van der Waals surface area contributed by atoms with Gasteiger partial charge in [-0.2, -0.15) is 0 Å². The Hall–Kier alpha value is -0.900. The monoisotopic (exact) mass is 259 g/mol. The summed E-state index contributed by atoms with van der Waals surface area (Å²) < 4.78 is 0. The molecule has 0 aliphatic carbocycles. The Balaban J connectivity index is 1.55. The van der Waals surface area contributed by atoms with Crippen LogP contribution in [-0.2, 0) is 6.54 Å². The number of hydrogen-bond acceptors (Lipinski definition) is 3. The number of likely N-dealkylation sites (tertiary alicyclic amines) is 1. The topological polar surface area (TPSA) is 18.5 Å². The van der Waals surface area contributed by atoms with E-state index in [4.69, 9.17) is 0 Å². The van der Waals surface area contributed by atoms with Crippen LogP contribution in [0.2, 0.25) is 0 Å². The zero-order valence-corrected chi connectivity index (χ0v) is 11.9. The van der Waals surface area contributed by atoms with E-state index >= 15 is 0 Å². The molecule has 2 saturated heterocycles. The molecule has 1 aromatic rings. The van der Waals surface area contributed by atoms with Gasteiger partial charge in [-0.1, -0.05) is 30.3 Å². The first-order valence-corrected chi connectivity index (χ1v) is 7.50. The average Bonchev–Trinajstić information content (AvgIpc) is 2.89. The van der Waals surface area contributed by atoms with Crippen LogP contribution in [0.1, 0.15) is 12.0 Å². The van der Waals surface area contributed by atoms with Crippen molar-refractivity contribution in [2.75, 3.05) is 39.8 Å². The van der Waals surface area contributed by atoms with Crippen LogP contribution in [0.15, 0.2) is 30.3 Å². The molecule has 2 unspecified atom stereocenters. The van der Waals surface area contributed by atoms with Gasteiger partial charge < -0.3 is 10.2 Å². The van der Waals surface area contributed by atoms with Gasteiger partial charge in [-0.15, -0.1) is 0 Å². The van der Waals surface area contributed by atoms with E-state index in [1.165, 1.54) is 38.2 Å². The molecule has 0 spiro atoms. The molecule has 0 radical (unpaired) electrons. The number of rotatable bonds is 3. The number of piperazine rings is 1. The van der Waals surface area contributed by atoms with Gasteiger partial charge in [-0.05, 0) is 31.5 Å². The summed E-state index contributed by atoms with van der Waals surface area (Å²) >= 11 is 0. The van der Waals surface area contributed by atoms with Crippen LogP contribution in [0.25, 0.3) is 0 Å². The second kappa shape index (κ2) is 6.04. The van der Waals surface area contributed by atoms with E-state index in [1.807, 2.05) is 0 Å². The van der Waals surface area contributed by atoms with Crippen molar-refractivity contribution < 1.29 is 0 Å². The molecule has 1 aromatic carbocycles. The third kappa shape index (κ3) is 3.16. The number of benzene rings is 1. The molecule has 1 N–H and O–H groups in total. The van der Waals surface area contributed by atoms with E-state index in [9.17, 15) is 0 Å². The molecular formula is C16H25N3. The van der Waals surface area contributed by atoms with Crippen LogP contribution >= 0.6 is 0 Å². The van der Waals surface area contributed by atoms with Crippen LogP contribution in [0, 0.1) is 5.92 Å². The molecule has 2 aliphatic rings. The minimum Gasteiger partial charge on any atom is -0.314 e. The lowest BCUT2D eigenvalue weighted by Gasteiger charge is -2.37.